The van der Waals surface area contributed by atoms with Gasteiger partial charge >= 0.3 is 0 Å². The number of carbonyl (C=O) groups excluding carboxylic acids is 1. The fraction of sp³-hybridized carbons (Fsp3) is 0.130. The highest BCUT2D eigenvalue weighted by atomic mass is 32.2. The quantitative estimate of drug-likeness (QED) is 0.427. The van der Waals surface area contributed by atoms with Crippen molar-refractivity contribution < 1.29 is 9.53 Å². The molecule has 4 aromatic rings. The number of benzene rings is 2. The van der Waals surface area contributed by atoms with Gasteiger partial charge in [0.2, 0.25) is 5.91 Å². The van der Waals surface area contributed by atoms with Gasteiger partial charge in [-0.2, -0.15) is 0 Å². The predicted molar refractivity (Wildman–Crippen MR) is 121 cm³/mol. The maximum Gasteiger partial charge on any atom is 0.234 e. The van der Waals surface area contributed by atoms with Gasteiger partial charge in [0, 0.05) is 30.7 Å². The van der Waals surface area contributed by atoms with Crippen LogP contribution in [0.5, 0.6) is 11.5 Å². The van der Waals surface area contributed by atoms with Crippen LogP contribution in [0.25, 0.3) is 11.4 Å². The number of nitrogens with zero attached hydrogens (tertiary/aromatic N) is 4. The highest BCUT2D eigenvalue weighted by Crippen LogP contribution is 2.24. The molecule has 2 aromatic heterocycles. The summed E-state index contributed by atoms with van der Waals surface area (Å²) in [7, 11) is 1.88. The van der Waals surface area contributed by atoms with Gasteiger partial charge in [0.25, 0.3) is 0 Å². The van der Waals surface area contributed by atoms with Crippen LogP contribution in [0.15, 0.2) is 78.2 Å². The SMILES string of the molecule is Cc1ccc(Oc2ccc(NC(=O)CSc3nnc(-c4ccncc4)n3C)cc2)cc1. The number of rotatable bonds is 7. The van der Waals surface area contributed by atoms with Crippen LogP contribution in [0.3, 0.4) is 0 Å². The van der Waals surface area contributed by atoms with Crippen LogP contribution in [-0.4, -0.2) is 31.4 Å². The van der Waals surface area contributed by atoms with Crippen LogP contribution in [-0.2, 0) is 11.8 Å². The average Bonchev–Trinajstić information content (AvgIpc) is 3.16. The molecule has 1 amide bonds. The minimum absolute atomic E-state index is 0.120. The van der Waals surface area contributed by atoms with E-state index in [0.717, 1.165) is 17.1 Å². The Balaban J connectivity index is 1.31. The largest absolute Gasteiger partial charge is 0.457 e. The van der Waals surface area contributed by atoms with E-state index in [0.29, 0.717) is 16.6 Å². The minimum atomic E-state index is -0.120. The third-order valence-corrected chi connectivity index (χ3v) is 5.52. The van der Waals surface area contributed by atoms with E-state index < -0.39 is 0 Å². The zero-order valence-corrected chi connectivity index (χ0v) is 18.0. The molecule has 8 heteroatoms. The van der Waals surface area contributed by atoms with Gasteiger partial charge in [0.1, 0.15) is 11.5 Å². The zero-order valence-electron chi connectivity index (χ0n) is 17.1. The second-order valence-electron chi connectivity index (χ2n) is 6.88. The molecular formula is C23H21N5O2S. The van der Waals surface area contributed by atoms with E-state index in [9.17, 15) is 4.79 Å². The van der Waals surface area contributed by atoms with E-state index >= 15 is 0 Å². The monoisotopic (exact) mass is 431 g/mol. The molecule has 0 fully saturated rings. The number of thioether (sulfide) groups is 1. The summed E-state index contributed by atoms with van der Waals surface area (Å²) in [4.78, 5) is 16.4. The molecule has 31 heavy (non-hydrogen) atoms. The molecule has 0 spiro atoms. The number of hydrogen-bond acceptors (Lipinski definition) is 6. The van der Waals surface area contributed by atoms with Crippen molar-refractivity contribution in [1.82, 2.24) is 19.7 Å². The third-order valence-electron chi connectivity index (χ3n) is 4.50. The molecule has 4 rings (SSSR count). The molecule has 2 aromatic carbocycles. The number of carbonyl (C=O) groups is 1. The fourth-order valence-corrected chi connectivity index (χ4v) is 3.58. The summed E-state index contributed by atoms with van der Waals surface area (Å²) in [5, 5.41) is 12.0. The standard InChI is InChI=1S/C23H21N5O2S/c1-16-3-7-19(8-4-16)30-20-9-5-18(6-10-20)25-21(29)15-31-23-27-26-22(28(23)2)17-11-13-24-14-12-17/h3-14H,15H2,1-2H3,(H,25,29). The summed E-state index contributed by atoms with van der Waals surface area (Å²) >= 11 is 1.33. The smallest absolute Gasteiger partial charge is 0.234 e. The number of anilines is 1. The lowest BCUT2D eigenvalue weighted by atomic mass is 10.2. The Kier molecular flexibility index (Phi) is 6.28. The summed E-state index contributed by atoms with van der Waals surface area (Å²) in [5.74, 6) is 2.32. The van der Waals surface area contributed by atoms with Gasteiger partial charge in [-0.1, -0.05) is 29.5 Å². The van der Waals surface area contributed by atoms with Gasteiger partial charge < -0.3 is 14.6 Å². The van der Waals surface area contributed by atoms with E-state index in [-0.39, 0.29) is 11.7 Å². The Bertz CT molecular complexity index is 1160. The molecule has 0 aliphatic carbocycles. The molecule has 0 atom stereocenters. The summed E-state index contributed by atoms with van der Waals surface area (Å²) in [6, 6.07) is 18.9. The Hall–Kier alpha value is -3.65. The highest BCUT2D eigenvalue weighted by molar-refractivity contribution is 7.99. The minimum Gasteiger partial charge on any atom is -0.457 e. The van der Waals surface area contributed by atoms with Crippen LogP contribution < -0.4 is 10.1 Å². The Morgan fingerprint density at radius 2 is 1.61 bits per heavy atom. The van der Waals surface area contributed by atoms with Crippen molar-refractivity contribution in [3.8, 4) is 22.9 Å². The molecule has 0 bridgehead atoms. The van der Waals surface area contributed by atoms with Crippen molar-refractivity contribution in [1.29, 1.82) is 0 Å². The van der Waals surface area contributed by atoms with Crippen molar-refractivity contribution >= 4 is 23.4 Å². The van der Waals surface area contributed by atoms with Crippen LogP contribution in [0.4, 0.5) is 5.69 Å². The van der Waals surface area contributed by atoms with E-state index in [4.69, 9.17) is 4.74 Å². The second-order valence-corrected chi connectivity index (χ2v) is 7.82. The van der Waals surface area contributed by atoms with Gasteiger partial charge in [0.15, 0.2) is 11.0 Å². The lowest BCUT2D eigenvalue weighted by Crippen LogP contribution is -2.14. The number of hydrogen-bond donors (Lipinski definition) is 1. The third kappa shape index (κ3) is 5.29. The Morgan fingerprint density at radius 1 is 0.968 bits per heavy atom. The number of ether oxygens (including phenoxy) is 1. The Morgan fingerprint density at radius 3 is 2.29 bits per heavy atom. The van der Waals surface area contributed by atoms with Crippen molar-refractivity contribution in [2.75, 3.05) is 11.1 Å². The summed E-state index contributed by atoms with van der Waals surface area (Å²) < 4.78 is 7.68. The molecule has 7 nitrogen and oxygen atoms in total. The lowest BCUT2D eigenvalue weighted by Gasteiger charge is -2.08. The number of pyridine rings is 1. The molecule has 0 unspecified atom stereocenters. The molecule has 0 radical (unpaired) electrons. The van der Waals surface area contributed by atoms with Gasteiger partial charge in [-0.25, -0.2) is 0 Å². The molecule has 156 valence electrons. The van der Waals surface area contributed by atoms with E-state index in [1.807, 2.05) is 79.2 Å². The van der Waals surface area contributed by atoms with Crippen LogP contribution in [0.1, 0.15) is 5.56 Å². The molecule has 0 aliphatic heterocycles. The van der Waals surface area contributed by atoms with E-state index in [1.54, 1.807) is 12.4 Å². The first-order valence-electron chi connectivity index (χ1n) is 9.65. The van der Waals surface area contributed by atoms with Crippen molar-refractivity contribution in [3.63, 3.8) is 0 Å². The normalized spacial score (nSPS) is 10.6. The van der Waals surface area contributed by atoms with Gasteiger partial charge in [-0.15, -0.1) is 10.2 Å². The maximum absolute atomic E-state index is 12.4. The number of aryl methyl sites for hydroxylation is 1. The van der Waals surface area contributed by atoms with Crippen LogP contribution >= 0.6 is 11.8 Å². The second kappa shape index (κ2) is 9.44. The fourth-order valence-electron chi connectivity index (χ4n) is 2.87. The number of aromatic nitrogens is 4. The van der Waals surface area contributed by atoms with Gasteiger partial charge in [-0.3, -0.25) is 9.78 Å². The summed E-state index contributed by atoms with van der Waals surface area (Å²) in [5.41, 5.74) is 2.81. The molecular weight excluding hydrogens is 410 g/mol. The van der Waals surface area contributed by atoms with E-state index in [2.05, 4.69) is 20.5 Å². The molecule has 0 aliphatic rings. The van der Waals surface area contributed by atoms with Crippen molar-refractivity contribution in [3.05, 3.63) is 78.6 Å². The molecule has 1 N–H and O–H groups in total. The van der Waals surface area contributed by atoms with Crippen LogP contribution in [0, 0.1) is 6.92 Å². The first-order valence-corrected chi connectivity index (χ1v) is 10.6. The topological polar surface area (TPSA) is 81.9 Å². The molecule has 2 heterocycles. The number of nitrogens with one attached hydrogen (secondary N) is 1. The van der Waals surface area contributed by atoms with Crippen LogP contribution in [0.2, 0.25) is 0 Å². The van der Waals surface area contributed by atoms with Gasteiger partial charge in [0.05, 0.1) is 5.75 Å². The lowest BCUT2D eigenvalue weighted by molar-refractivity contribution is -0.113. The summed E-state index contributed by atoms with van der Waals surface area (Å²) in [6.45, 7) is 2.03. The van der Waals surface area contributed by atoms with Crippen molar-refractivity contribution in [2.45, 2.75) is 12.1 Å². The maximum atomic E-state index is 12.4. The average molecular weight is 432 g/mol. The number of amides is 1. The highest BCUT2D eigenvalue weighted by Gasteiger charge is 2.13. The van der Waals surface area contributed by atoms with Gasteiger partial charge in [-0.05, 0) is 55.5 Å². The predicted octanol–water partition coefficient (Wildman–Crippen LogP) is 4.71. The molecule has 0 saturated carbocycles. The first kappa shape index (κ1) is 20.6. The zero-order chi connectivity index (χ0) is 21.6. The summed E-state index contributed by atoms with van der Waals surface area (Å²) in [6.07, 6.45) is 3.42. The van der Waals surface area contributed by atoms with Crippen molar-refractivity contribution in [2.24, 2.45) is 7.05 Å². The van der Waals surface area contributed by atoms with E-state index in [1.165, 1.54) is 17.3 Å². The Labute approximate surface area is 184 Å². The first-order chi connectivity index (χ1) is 15.1. The molecule has 0 saturated heterocycles.